The van der Waals surface area contributed by atoms with Crippen LogP contribution in [0.15, 0.2) is 48.5 Å². The van der Waals surface area contributed by atoms with E-state index in [0.29, 0.717) is 6.54 Å². The quantitative estimate of drug-likeness (QED) is 0.869. The Labute approximate surface area is 122 Å². The monoisotopic (exact) mass is 268 g/mol. The van der Waals surface area contributed by atoms with Crippen LogP contribution >= 0.6 is 0 Å². The third-order valence-corrected chi connectivity index (χ3v) is 3.71. The minimum absolute atomic E-state index is 0.609. The summed E-state index contributed by atoms with van der Waals surface area (Å²) < 4.78 is 0. The highest BCUT2D eigenvalue weighted by molar-refractivity contribution is 5.27. The van der Waals surface area contributed by atoms with Gasteiger partial charge in [0.15, 0.2) is 0 Å². The van der Waals surface area contributed by atoms with Gasteiger partial charge >= 0.3 is 0 Å². The molecule has 0 aliphatic heterocycles. The second kappa shape index (κ2) is 7.22. The van der Waals surface area contributed by atoms with Crippen LogP contribution in [0.5, 0.6) is 0 Å². The van der Waals surface area contributed by atoms with Gasteiger partial charge in [-0.15, -0.1) is 0 Å². The summed E-state index contributed by atoms with van der Waals surface area (Å²) in [4.78, 5) is 2.44. The second-order valence-electron chi connectivity index (χ2n) is 5.26. The molecule has 0 aliphatic carbocycles. The van der Waals surface area contributed by atoms with E-state index < -0.39 is 0 Å². The van der Waals surface area contributed by atoms with E-state index in [4.69, 9.17) is 5.73 Å². The van der Waals surface area contributed by atoms with Crippen molar-refractivity contribution in [2.45, 2.75) is 33.5 Å². The average Bonchev–Trinajstić information content (AvgIpc) is 2.49. The lowest BCUT2D eigenvalue weighted by molar-refractivity contribution is 0.270. The van der Waals surface area contributed by atoms with Crippen molar-refractivity contribution in [3.63, 3.8) is 0 Å². The molecule has 0 atom stereocenters. The van der Waals surface area contributed by atoms with Crippen molar-refractivity contribution in [3.8, 4) is 0 Å². The van der Waals surface area contributed by atoms with E-state index >= 15 is 0 Å². The smallest absolute Gasteiger partial charge is 0.0240 e. The molecule has 0 unspecified atom stereocenters. The first-order valence-corrected chi connectivity index (χ1v) is 7.27. The predicted molar refractivity (Wildman–Crippen MR) is 85.3 cm³/mol. The van der Waals surface area contributed by atoms with Crippen molar-refractivity contribution in [1.29, 1.82) is 0 Å². The molecule has 2 aromatic rings. The third-order valence-electron chi connectivity index (χ3n) is 3.71. The summed E-state index contributed by atoms with van der Waals surface area (Å²) >= 11 is 0. The summed E-state index contributed by atoms with van der Waals surface area (Å²) in [5.41, 5.74) is 11.1. The molecule has 0 amide bonds. The van der Waals surface area contributed by atoms with E-state index in [2.05, 4.69) is 67.3 Å². The zero-order chi connectivity index (χ0) is 14.4. The van der Waals surface area contributed by atoms with E-state index in [1.165, 1.54) is 22.3 Å². The predicted octanol–water partition coefficient (Wildman–Crippen LogP) is 3.48. The van der Waals surface area contributed by atoms with Gasteiger partial charge in [-0.1, -0.05) is 61.0 Å². The van der Waals surface area contributed by atoms with E-state index in [-0.39, 0.29) is 0 Å². The average molecular weight is 268 g/mol. The summed E-state index contributed by atoms with van der Waals surface area (Å²) in [5, 5.41) is 0. The van der Waals surface area contributed by atoms with Crippen LogP contribution in [0, 0.1) is 6.92 Å². The fraction of sp³-hybridized carbons (Fsp3) is 0.333. The molecule has 2 heteroatoms. The van der Waals surface area contributed by atoms with Crippen molar-refractivity contribution in [3.05, 3.63) is 70.8 Å². The molecule has 0 radical (unpaired) electrons. The van der Waals surface area contributed by atoms with Crippen molar-refractivity contribution in [2.75, 3.05) is 6.54 Å². The normalized spacial score (nSPS) is 11.0. The summed E-state index contributed by atoms with van der Waals surface area (Å²) in [6.45, 7) is 7.91. The fourth-order valence-corrected chi connectivity index (χ4v) is 2.38. The molecule has 0 aromatic heterocycles. The van der Waals surface area contributed by atoms with Crippen LogP contribution in [0.1, 0.15) is 29.2 Å². The van der Waals surface area contributed by atoms with E-state index in [1.54, 1.807) is 0 Å². The Bertz CT molecular complexity index is 531. The lowest BCUT2D eigenvalue weighted by Gasteiger charge is -2.22. The highest BCUT2D eigenvalue weighted by atomic mass is 15.1. The van der Waals surface area contributed by atoms with E-state index in [9.17, 15) is 0 Å². The molecule has 2 nitrogen and oxygen atoms in total. The summed E-state index contributed by atoms with van der Waals surface area (Å²) in [6.07, 6.45) is 0. The third kappa shape index (κ3) is 3.92. The minimum Gasteiger partial charge on any atom is -0.326 e. The zero-order valence-corrected chi connectivity index (χ0v) is 12.5. The van der Waals surface area contributed by atoms with Crippen LogP contribution < -0.4 is 5.73 Å². The van der Waals surface area contributed by atoms with Crippen molar-refractivity contribution < 1.29 is 0 Å². The van der Waals surface area contributed by atoms with Crippen LogP contribution in [0.3, 0.4) is 0 Å². The van der Waals surface area contributed by atoms with Gasteiger partial charge in [0.2, 0.25) is 0 Å². The number of aryl methyl sites for hydroxylation is 1. The van der Waals surface area contributed by atoms with Gasteiger partial charge in [0.1, 0.15) is 0 Å². The van der Waals surface area contributed by atoms with Crippen LogP contribution in [0.4, 0.5) is 0 Å². The van der Waals surface area contributed by atoms with Gasteiger partial charge in [-0.25, -0.2) is 0 Å². The highest BCUT2D eigenvalue weighted by Crippen LogP contribution is 2.14. The summed E-state index contributed by atoms with van der Waals surface area (Å²) in [5.74, 6) is 0. The Morgan fingerprint density at radius 3 is 2.15 bits per heavy atom. The first kappa shape index (κ1) is 14.8. The molecule has 2 rings (SSSR count). The lowest BCUT2D eigenvalue weighted by Crippen LogP contribution is -2.23. The Balaban J connectivity index is 2.07. The topological polar surface area (TPSA) is 29.3 Å². The molecule has 106 valence electrons. The molecule has 2 N–H and O–H groups in total. The van der Waals surface area contributed by atoms with Crippen LogP contribution in [0.25, 0.3) is 0 Å². The van der Waals surface area contributed by atoms with E-state index in [0.717, 1.165) is 19.6 Å². The van der Waals surface area contributed by atoms with Crippen molar-refractivity contribution in [1.82, 2.24) is 4.90 Å². The van der Waals surface area contributed by atoms with Crippen LogP contribution in [-0.2, 0) is 19.6 Å². The van der Waals surface area contributed by atoms with Crippen molar-refractivity contribution >= 4 is 0 Å². The van der Waals surface area contributed by atoms with Gasteiger partial charge in [0.05, 0.1) is 0 Å². The fourth-order valence-electron chi connectivity index (χ4n) is 2.38. The number of nitrogens with zero attached hydrogens (tertiary/aromatic N) is 1. The Kier molecular flexibility index (Phi) is 5.33. The van der Waals surface area contributed by atoms with Gasteiger partial charge in [0, 0.05) is 19.6 Å². The second-order valence-corrected chi connectivity index (χ2v) is 5.26. The van der Waals surface area contributed by atoms with Gasteiger partial charge in [-0.05, 0) is 30.2 Å². The first-order chi connectivity index (χ1) is 9.72. The Morgan fingerprint density at radius 2 is 1.55 bits per heavy atom. The SMILES string of the molecule is CCN(Cc1ccc(C)cc1)Cc1ccccc1CN. The maximum absolute atomic E-state index is 5.82. The number of hydrogen-bond donors (Lipinski definition) is 1. The number of rotatable bonds is 6. The van der Waals surface area contributed by atoms with Crippen LogP contribution in [-0.4, -0.2) is 11.4 Å². The molecular weight excluding hydrogens is 244 g/mol. The number of nitrogens with two attached hydrogens (primary N) is 1. The molecular formula is C18H24N2. The minimum atomic E-state index is 0.609. The lowest BCUT2D eigenvalue weighted by atomic mass is 10.1. The van der Waals surface area contributed by atoms with Crippen molar-refractivity contribution in [2.24, 2.45) is 5.73 Å². The molecule has 0 saturated heterocycles. The Hall–Kier alpha value is -1.64. The molecule has 0 fully saturated rings. The van der Waals surface area contributed by atoms with Crippen LogP contribution in [0.2, 0.25) is 0 Å². The molecule has 2 aromatic carbocycles. The highest BCUT2D eigenvalue weighted by Gasteiger charge is 2.07. The van der Waals surface area contributed by atoms with Gasteiger partial charge in [0.25, 0.3) is 0 Å². The van der Waals surface area contributed by atoms with Gasteiger partial charge in [-0.3, -0.25) is 4.90 Å². The van der Waals surface area contributed by atoms with E-state index in [1.807, 2.05) is 0 Å². The molecule has 0 saturated carbocycles. The Morgan fingerprint density at radius 1 is 0.900 bits per heavy atom. The molecule has 0 bridgehead atoms. The largest absolute Gasteiger partial charge is 0.326 e. The van der Waals surface area contributed by atoms with Gasteiger partial charge in [-0.2, -0.15) is 0 Å². The maximum atomic E-state index is 5.82. The summed E-state index contributed by atoms with van der Waals surface area (Å²) in [7, 11) is 0. The number of hydrogen-bond acceptors (Lipinski definition) is 2. The first-order valence-electron chi connectivity index (χ1n) is 7.27. The molecule has 0 heterocycles. The summed E-state index contributed by atoms with van der Waals surface area (Å²) in [6, 6.07) is 17.2. The molecule has 0 aliphatic rings. The number of benzene rings is 2. The standard InChI is InChI=1S/C18H24N2/c1-3-20(13-16-10-8-15(2)9-11-16)14-18-7-5-4-6-17(18)12-19/h4-11H,3,12-14,19H2,1-2H3. The molecule has 20 heavy (non-hydrogen) atoms. The maximum Gasteiger partial charge on any atom is 0.0240 e. The zero-order valence-electron chi connectivity index (χ0n) is 12.5. The molecule has 0 spiro atoms. The van der Waals surface area contributed by atoms with Gasteiger partial charge < -0.3 is 5.73 Å².